The number of aromatic nitrogens is 5. The maximum Gasteiger partial charge on any atom is 0.422 e. The minimum absolute atomic E-state index is 0.0175. The van der Waals surface area contributed by atoms with Crippen molar-refractivity contribution in [2.75, 3.05) is 39.4 Å². The van der Waals surface area contributed by atoms with Crippen molar-refractivity contribution in [3.8, 4) is 28.9 Å². The SMILES string of the molecule is COc1cc2nccc(Oc3ccc(NC(=O)c4nn(C5CCOC5)cc4OCC(F)(F)F)nn3)c2cc1OC. The zero-order valence-corrected chi connectivity index (χ0v) is 21.3. The van der Waals surface area contributed by atoms with Gasteiger partial charge < -0.3 is 29.0 Å². The molecule has 15 heteroatoms. The number of halogens is 3. The number of benzene rings is 1. The van der Waals surface area contributed by atoms with Gasteiger partial charge in [-0.05, 0) is 24.6 Å². The molecule has 40 heavy (non-hydrogen) atoms. The van der Waals surface area contributed by atoms with Crippen molar-refractivity contribution in [1.82, 2.24) is 25.0 Å². The van der Waals surface area contributed by atoms with Crippen molar-refractivity contribution in [2.24, 2.45) is 0 Å². The molecule has 0 aliphatic carbocycles. The van der Waals surface area contributed by atoms with Crippen LogP contribution in [0.5, 0.6) is 28.9 Å². The van der Waals surface area contributed by atoms with Gasteiger partial charge in [0.1, 0.15) is 5.75 Å². The van der Waals surface area contributed by atoms with E-state index in [9.17, 15) is 18.0 Å². The van der Waals surface area contributed by atoms with Gasteiger partial charge in [-0.25, -0.2) is 0 Å². The fourth-order valence-electron chi connectivity index (χ4n) is 3.98. The maximum absolute atomic E-state index is 12.9. The maximum atomic E-state index is 12.9. The Morgan fingerprint density at radius 1 is 1.10 bits per heavy atom. The average molecular weight is 560 g/mol. The highest BCUT2D eigenvalue weighted by molar-refractivity contribution is 6.04. The predicted octanol–water partition coefficient (Wildman–Crippen LogP) is 4.19. The molecule has 1 amide bonds. The molecule has 5 rings (SSSR count). The van der Waals surface area contributed by atoms with Crippen LogP contribution in [-0.4, -0.2) is 71.1 Å². The Morgan fingerprint density at radius 3 is 2.58 bits per heavy atom. The number of carbonyl (C=O) groups excluding carboxylic acids is 1. The molecule has 210 valence electrons. The Labute approximate surface area is 225 Å². The van der Waals surface area contributed by atoms with Crippen LogP contribution in [-0.2, 0) is 4.74 Å². The number of pyridine rings is 1. The van der Waals surface area contributed by atoms with Gasteiger partial charge in [0, 0.05) is 30.3 Å². The van der Waals surface area contributed by atoms with Gasteiger partial charge in [0.25, 0.3) is 5.91 Å². The van der Waals surface area contributed by atoms with E-state index in [0.717, 1.165) is 0 Å². The van der Waals surface area contributed by atoms with E-state index in [1.54, 1.807) is 24.4 Å². The summed E-state index contributed by atoms with van der Waals surface area (Å²) in [6.45, 7) is -0.776. The molecule has 1 unspecified atom stereocenters. The lowest BCUT2D eigenvalue weighted by Crippen LogP contribution is -2.21. The average Bonchev–Trinajstić information content (AvgIpc) is 3.62. The van der Waals surface area contributed by atoms with Gasteiger partial charge in [-0.15, -0.1) is 10.2 Å². The summed E-state index contributed by atoms with van der Waals surface area (Å²) < 4.78 is 66.4. The normalized spacial score (nSPS) is 15.2. The lowest BCUT2D eigenvalue weighted by Gasteiger charge is -2.12. The molecule has 0 saturated carbocycles. The van der Waals surface area contributed by atoms with Crippen LogP contribution in [0.2, 0.25) is 0 Å². The molecule has 1 aliphatic rings. The van der Waals surface area contributed by atoms with Crippen molar-refractivity contribution in [3.05, 3.63) is 48.4 Å². The van der Waals surface area contributed by atoms with Gasteiger partial charge >= 0.3 is 6.18 Å². The first-order valence-electron chi connectivity index (χ1n) is 11.9. The second kappa shape index (κ2) is 11.2. The Balaban J connectivity index is 1.32. The molecule has 1 fully saturated rings. The van der Waals surface area contributed by atoms with E-state index in [1.165, 1.54) is 37.2 Å². The molecule has 0 spiro atoms. The molecule has 1 N–H and O–H groups in total. The molecule has 3 aromatic heterocycles. The van der Waals surface area contributed by atoms with E-state index in [4.69, 9.17) is 23.7 Å². The number of nitrogens with one attached hydrogen (secondary N) is 1. The minimum atomic E-state index is -4.59. The van der Waals surface area contributed by atoms with Gasteiger partial charge in [-0.2, -0.15) is 18.3 Å². The van der Waals surface area contributed by atoms with Crippen molar-refractivity contribution in [3.63, 3.8) is 0 Å². The second-order valence-corrected chi connectivity index (χ2v) is 8.59. The van der Waals surface area contributed by atoms with Gasteiger partial charge in [0.05, 0.1) is 38.6 Å². The zero-order valence-electron chi connectivity index (χ0n) is 21.3. The fourth-order valence-corrected chi connectivity index (χ4v) is 3.98. The molecule has 1 aromatic carbocycles. The third kappa shape index (κ3) is 5.98. The first-order valence-corrected chi connectivity index (χ1v) is 11.9. The number of rotatable bonds is 9. The summed E-state index contributed by atoms with van der Waals surface area (Å²) in [4.78, 5) is 17.2. The summed E-state index contributed by atoms with van der Waals surface area (Å²) in [5.74, 6) is 0.408. The van der Waals surface area contributed by atoms with Gasteiger partial charge in [0.2, 0.25) is 5.88 Å². The lowest BCUT2D eigenvalue weighted by molar-refractivity contribution is -0.153. The monoisotopic (exact) mass is 560 g/mol. The largest absolute Gasteiger partial charge is 0.493 e. The molecule has 1 aliphatic heterocycles. The number of methoxy groups -OCH3 is 2. The third-order valence-electron chi connectivity index (χ3n) is 5.89. The number of alkyl halides is 3. The van der Waals surface area contributed by atoms with Crippen molar-refractivity contribution in [2.45, 2.75) is 18.6 Å². The van der Waals surface area contributed by atoms with Crippen molar-refractivity contribution >= 4 is 22.6 Å². The molecule has 4 aromatic rings. The Morgan fingerprint density at radius 2 is 1.90 bits per heavy atom. The Kier molecular flexibility index (Phi) is 7.55. The quantitative estimate of drug-likeness (QED) is 0.318. The van der Waals surface area contributed by atoms with Crippen molar-refractivity contribution in [1.29, 1.82) is 0 Å². The summed E-state index contributed by atoms with van der Waals surface area (Å²) in [5.41, 5.74) is 0.269. The minimum Gasteiger partial charge on any atom is -0.493 e. The molecular formula is C25H23F3N6O6. The van der Waals surface area contributed by atoms with E-state index in [0.29, 0.717) is 47.8 Å². The standard InChI is InChI=1S/C25H23F3N6O6/c1-36-18-9-15-16(10-19(18)37-2)29-7-5-17(15)40-22-4-3-21(31-32-22)30-24(35)23-20(39-13-25(26,27)28)11-34(33-23)14-6-8-38-12-14/h3-5,7,9-11,14H,6,8,12-13H2,1-2H3,(H,30,31,35). The van der Waals surface area contributed by atoms with E-state index in [1.807, 2.05) is 0 Å². The number of carbonyl (C=O) groups is 1. The number of hydrogen-bond donors (Lipinski definition) is 1. The van der Waals surface area contributed by atoms with Crippen molar-refractivity contribution < 1.29 is 41.7 Å². The number of fused-ring (bicyclic) bond motifs is 1. The summed E-state index contributed by atoms with van der Waals surface area (Å²) in [6.07, 6.45) is -1.18. The topological polar surface area (TPSA) is 132 Å². The molecule has 0 bridgehead atoms. The number of hydrogen-bond acceptors (Lipinski definition) is 10. The molecular weight excluding hydrogens is 537 g/mol. The van der Waals surface area contributed by atoms with Crippen LogP contribution in [0.3, 0.4) is 0 Å². The highest BCUT2D eigenvalue weighted by Crippen LogP contribution is 2.36. The molecule has 1 saturated heterocycles. The summed E-state index contributed by atoms with van der Waals surface area (Å²) in [5, 5.41) is 15.2. The molecule has 1 atom stereocenters. The number of nitrogens with zero attached hydrogens (tertiary/aromatic N) is 5. The van der Waals surface area contributed by atoms with E-state index in [-0.39, 0.29) is 29.2 Å². The van der Waals surface area contributed by atoms with E-state index < -0.39 is 18.7 Å². The summed E-state index contributed by atoms with van der Waals surface area (Å²) in [7, 11) is 3.03. The first-order chi connectivity index (χ1) is 19.2. The van der Waals surface area contributed by atoms with Crippen LogP contribution in [0.4, 0.5) is 19.0 Å². The molecule has 0 radical (unpaired) electrons. The molecule has 4 heterocycles. The van der Waals surface area contributed by atoms with Crippen LogP contribution in [0.15, 0.2) is 42.7 Å². The van der Waals surface area contributed by atoms with Crippen LogP contribution in [0.1, 0.15) is 23.0 Å². The van der Waals surface area contributed by atoms with E-state index in [2.05, 4.69) is 25.6 Å². The van der Waals surface area contributed by atoms with Gasteiger partial charge in [0.15, 0.2) is 35.4 Å². The molecule has 12 nitrogen and oxygen atoms in total. The first kappa shape index (κ1) is 26.9. The van der Waals surface area contributed by atoms with Crippen LogP contribution in [0, 0.1) is 0 Å². The lowest BCUT2D eigenvalue weighted by atomic mass is 10.2. The highest BCUT2D eigenvalue weighted by atomic mass is 19.4. The number of amides is 1. The second-order valence-electron chi connectivity index (χ2n) is 8.59. The predicted molar refractivity (Wildman–Crippen MR) is 133 cm³/mol. The zero-order chi connectivity index (χ0) is 28.3. The smallest absolute Gasteiger partial charge is 0.422 e. The number of anilines is 1. The fraction of sp³-hybridized carbons (Fsp3) is 0.320. The Hall–Kier alpha value is -4.66. The summed E-state index contributed by atoms with van der Waals surface area (Å²) in [6, 6.07) is 7.72. The van der Waals surface area contributed by atoms with Gasteiger partial charge in [-0.1, -0.05) is 0 Å². The van der Waals surface area contributed by atoms with Gasteiger partial charge in [-0.3, -0.25) is 14.5 Å². The highest BCUT2D eigenvalue weighted by Gasteiger charge is 2.31. The third-order valence-corrected chi connectivity index (χ3v) is 5.89. The van der Waals surface area contributed by atoms with Crippen LogP contribution < -0.4 is 24.3 Å². The summed E-state index contributed by atoms with van der Waals surface area (Å²) >= 11 is 0. The number of ether oxygens (including phenoxy) is 5. The van der Waals surface area contributed by atoms with Crippen LogP contribution in [0.25, 0.3) is 10.9 Å². The van der Waals surface area contributed by atoms with Crippen LogP contribution >= 0.6 is 0 Å². The Bertz CT molecular complexity index is 1510. The van der Waals surface area contributed by atoms with E-state index >= 15 is 0 Å².